The Morgan fingerprint density at radius 3 is 2.68 bits per heavy atom. The van der Waals surface area contributed by atoms with Crippen LogP contribution >= 0.6 is 0 Å². The largest absolute Gasteiger partial charge is 0.508 e. The SMILES string of the molecule is C[C@@H]1C[C@@H](O)[C@@H]2CC[C@H](CC(=O)Cc3cc(O)cc(O)c3C(=O)O1)O2. The summed E-state index contributed by atoms with van der Waals surface area (Å²) in [6, 6.07) is 2.32. The number of Topliss-reactive ketones (excluding diaryl/α,β-unsaturated/α-hetero) is 1. The molecule has 0 spiro atoms. The van der Waals surface area contributed by atoms with Crippen molar-refractivity contribution in [1.29, 1.82) is 0 Å². The van der Waals surface area contributed by atoms with E-state index in [1.165, 1.54) is 6.07 Å². The van der Waals surface area contributed by atoms with Crippen molar-refractivity contribution in [3.63, 3.8) is 0 Å². The molecule has 1 aromatic carbocycles. The number of aliphatic hydroxyl groups excluding tert-OH is 1. The molecule has 0 radical (unpaired) electrons. The van der Waals surface area contributed by atoms with Gasteiger partial charge in [-0.15, -0.1) is 0 Å². The minimum Gasteiger partial charge on any atom is -0.508 e. The topological polar surface area (TPSA) is 113 Å². The molecule has 7 nitrogen and oxygen atoms in total. The van der Waals surface area contributed by atoms with Crippen molar-refractivity contribution in [1.82, 2.24) is 0 Å². The van der Waals surface area contributed by atoms with E-state index in [0.717, 1.165) is 6.07 Å². The van der Waals surface area contributed by atoms with Crippen LogP contribution in [0.5, 0.6) is 11.5 Å². The van der Waals surface area contributed by atoms with Crippen LogP contribution in [0.25, 0.3) is 0 Å². The lowest BCUT2D eigenvalue weighted by atomic mass is 9.97. The van der Waals surface area contributed by atoms with Crippen molar-refractivity contribution < 1.29 is 34.4 Å². The number of hydrogen-bond donors (Lipinski definition) is 3. The quantitative estimate of drug-likeness (QED) is 0.607. The second-order valence-electron chi connectivity index (χ2n) is 6.81. The zero-order valence-corrected chi connectivity index (χ0v) is 14.0. The van der Waals surface area contributed by atoms with Gasteiger partial charge in [0.05, 0.1) is 18.3 Å². The third-order valence-corrected chi connectivity index (χ3v) is 4.68. The molecule has 1 saturated heterocycles. The number of ether oxygens (including phenoxy) is 2. The Bertz CT molecular complexity index is 684. The van der Waals surface area contributed by atoms with E-state index >= 15 is 0 Å². The summed E-state index contributed by atoms with van der Waals surface area (Å²) in [5, 5.41) is 30.0. The first-order valence-electron chi connectivity index (χ1n) is 8.44. The van der Waals surface area contributed by atoms with E-state index in [1.54, 1.807) is 6.92 Å². The number of carbonyl (C=O) groups excluding carboxylic acids is 2. The summed E-state index contributed by atoms with van der Waals surface area (Å²) >= 11 is 0. The van der Waals surface area contributed by atoms with Crippen LogP contribution in [0.4, 0.5) is 0 Å². The molecule has 2 heterocycles. The molecular weight excluding hydrogens is 328 g/mol. The Kier molecular flexibility index (Phi) is 4.96. The Morgan fingerprint density at radius 2 is 1.92 bits per heavy atom. The first-order valence-corrected chi connectivity index (χ1v) is 8.44. The molecule has 0 unspecified atom stereocenters. The molecule has 3 rings (SSSR count). The fraction of sp³-hybridized carbons (Fsp3) is 0.556. The van der Waals surface area contributed by atoms with Crippen LogP contribution in [0.3, 0.4) is 0 Å². The first kappa shape index (κ1) is 17.7. The van der Waals surface area contributed by atoms with E-state index < -0.39 is 23.9 Å². The molecule has 1 aromatic rings. The van der Waals surface area contributed by atoms with Crippen molar-refractivity contribution >= 4 is 11.8 Å². The molecule has 1 fully saturated rings. The van der Waals surface area contributed by atoms with Crippen molar-refractivity contribution in [2.24, 2.45) is 0 Å². The van der Waals surface area contributed by atoms with E-state index in [9.17, 15) is 24.9 Å². The minimum absolute atomic E-state index is 0.117. The van der Waals surface area contributed by atoms with Gasteiger partial charge in [0.2, 0.25) is 0 Å². The van der Waals surface area contributed by atoms with Gasteiger partial charge < -0.3 is 24.8 Å². The van der Waals surface area contributed by atoms with Crippen molar-refractivity contribution in [2.45, 2.75) is 63.4 Å². The normalized spacial score (nSPS) is 30.6. The molecule has 0 saturated carbocycles. The summed E-state index contributed by atoms with van der Waals surface area (Å²) in [7, 11) is 0. The number of fused-ring (bicyclic) bond motifs is 3. The van der Waals surface area contributed by atoms with Crippen molar-refractivity contribution in [3.05, 3.63) is 23.3 Å². The maximum absolute atomic E-state index is 12.4. The van der Waals surface area contributed by atoms with Crippen molar-refractivity contribution in [2.75, 3.05) is 0 Å². The fourth-order valence-corrected chi connectivity index (χ4v) is 3.53. The number of phenols is 2. The average Bonchev–Trinajstić information content (AvgIpc) is 2.93. The average molecular weight is 350 g/mol. The number of esters is 1. The molecule has 136 valence electrons. The second kappa shape index (κ2) is 7.01. The van der Waals surface area contributed by atoms with Crippen LogP contribution in [0.2, 0.25) is 0 Å². The number of phenolic OH excluding ortho intramolecular Hbond substituents is 2. The summed E-state index contributed by atoms with van der Waals surface area (Å²) in [4.78, 5) is 24.8. The van der Waals surface area contributed by atoms with Gasteiger partial charge in [-0.1, -0.05) is 0 Å². The number of aromatic hydroxyl groups is 2. The summed E-state index contributed by atoms with van der Waals surface area (Å²) in [5.41, 5.74) is 0.0897. The maximum atomic E-state index is 12.4. The highest BCUT2D eigenvalue weighted by molar-refractivity contribution is 5.96. The lowest BCUT2D eigenvalue weighted by Crippen LogP contribution is -2.31. The van der Waals surface area contributed by atoms with Crippen LogP contribution in [-0.2, 0) is 20.7 Å². The lowest BCUT2D eigenvalue weighted by molar-refractivity contribution is -0.122. The number of benzene rings is 1. The zero-order chi connectivity index (χ0) is 18.1. The Hall–Kier alpha value is -2.12. The molecule has 3 N–H and O–H groups in total. The van der Waals surface area contributed by atoms with Crippen LogP contribution < -0.4 is 0 Å². The predicted molar refractivity (Wildman–Crippen MR) is 86.5 cm³/mol. The van der Waals surface area contributed by atoms with Crippen LogP contribution in [0.15, 0.2) is 12.1 Å². The van der Waals surface area contributed by atoms with Gasteiger partial charge in [-0.2, -0.15) is 0 Å². The van der Waals surface area contributed by atoms with Gasteiger partial charge >= 0.3 is 5.97 Å². The third kappa shape index (κ3) is 3.93. The third-order valence-electron chi connectivity index (χ3n) is 4.68. The summed E-state index contributed by atoms with van der Waals surface area (Å²) in [6.07, 6.45) is -0.464. The zero-order valence-electron chi connectivity index (χ0n) is 14.0. The number of cyclic esters (lactones) is 1. The molecular formula is C18H22O7. The molecule has 2 bridgehead atoms. The highest BCUT2D eigenvalue weighted by atomic mass is 16.5. The molecule has 0 amide bonds. The Balaban J connectivity index is 1.95. The first-order chi connectivity index (χ1) is 11.8. The molecule has 2 aliphatic rings. The highest BCUT2D eigenvalue weighted by Crippen LogP contribution is 2.32. The van der Waals surface area contributed by atoms with Crippen molar-refractivity contribution in [3.8, 4) is 11.5 Å². The van der Waals surface area contributed by atoms with E-state index in [4.69, 9.17) is 9.47 Å². The molecule has 0 aromatic heterocycles. The summed E-state index contributed by atoms with van der Waals surface area (Å²) in [6.45, 7) is 1.65. The monoisotopic (exact) mass is 350 g/mol. The number of rotatable bonds is 0. The van der Waals surface area contributed by atoms with Gasteiger partial charge in [0.1, 0.15) is 28.9 Å². The number of aliphatic hydroxyl groups is 1. The highest BCUT2D eigenvalue weighted by Gasteiger charge is 2.34. The van der Waals surface area contributed by atoms with E-state index in [1.807, 2.05) is 0 Å². The van der Waals surface area contributed by atoms with E-state index in [2.05, 4.69) is 0 Å². The van der Waals surface area contributed by atoms with Crippen LogP contribution in [-0.4, -0.2) is 51.5 Å². The summed E-state index contributed by atoms with van der Waals surface area (Å²) < 4.78 is 11.1. The minimum atomic E-state index is -0.795. The van der Waals surface area contributed by atoms with Crippen LogP contribution in [0, 0.1) is 0 Å². The van der Waals surface area contributed by atoms with Gasteiger partial charge in [0.25, 0.3) is 0 Å². The van der Waals surface area contributed by atoms with Gasteiger partial charge in [-0.05, 0) is 31.4 Å². The molecule has 7 heteroatoms. The van der Waals surface area contributed by atoms with Gasteiger partial charge in [-0.25, -0.2) is 4.79 Å². The molecule has 25 heavy (non-hydrogen) atoms. The van der Waals surface area contributed by atoms with Gasteiger partial charge in [0.15, 0.2) is 0 Å². The molecule has 2 aliphatic heterocycles. The van der Waals surface area contributed by atoms with E-state index in [-0.39, 0.29) is 54.1 Å². The lowest BCUT2D eigenvalue weighted by Gasteiger charge is -2.22. The fourth-order valence-electron chi connectivity index (χ4n) is 3.53. The standard InChI is InChI=1S/C18H22O7/c1-9-4-14(21)16-3-2-13(25-16)7-11(19)5-10-6-12(20)8-15(22)17(10)18(23)24-9/h6,8-9,13-14,16,20-22H,2-5,7H2,1H3/t9-,13-,14-,16+/m1/s1. The number of carbonyl (C=O) groups is 2. The summed E-state index contributed by atoms with van der Waals surface area (Å²) in [5.74, 6) is -1.63. The Morgan fingerprint density at radius 1 is 1.16 bits per heavy atom. The molecule has 0 aliphatic carbocycles. The Labute approximate surface area is 145 Å². The van der Waals surface area contributed by atoms with E-state index in [0.29, 0.717) is 12.8 Å². The van der Waals surface area contributed by atoms with Crippen LogP contribution in [0.1, 0.15) is 48.5 Å². The smallest absolute Gasteiger partial charge is 0.342 e. The number of ketones is 1. The molecule has 4 atom stereocenters. The predicted octanol–water partition coefficient (Wildman–Crippen LogP) is 1.46. The van der Waals surface area contributed by atoms with Gasteiger partial charge in [-0.3, -0.25) is 4.79 Å². The number of hydrogen-bond acceptors (Lipinski definition) is 7. The maximum Gasteiger partial charge on any atom is 0.342 e. The second-order valence-corrected chi connectivity index (χ2v) is 6.81. The van der Waals surface area contributed by atoms with Gasteiger partial charge in [0, 0.05) is 25.3 Å².